The summed E-state index contributed by atoms with van der Waals surface area (Å²) in [5.74, 6) is 0.921. The number of piperidine rings is 1. The molecule has 118 valence electrons. The first kappa shape index (κ1) is 14.3. The third-order valence-electron chi connectivity index (χ3n) is 4.03. The number of benzene rings is 1. The zero-order valence-corrected chi connectivity index (χ0v) is 13.3. The van der Waals surface area contributed by atoms with Gasteiger partial charge in [-0.1, -0.05) is 18.2 Å². The van der Waals surface area contributed by atoms with Crippen molar-refractivity contribution in [2.45, 2.75) is 18.8 Å². The topological polar surface area (TPSA) is 59.7 Å². The Morgan fingerprint density at radius 1 is 1.22 bits per heavy atom. The van der Waals surface area contributed by atoms with E-state index in [4.69, 9.17) is 4.84 Å². The second kappa shape index (κ2) is 6.10. The summed E-state index contributed by atoms with van der Waals surface area (Å²) in [5.41, 5.74) is 0.575. The number of fused-ring (bicyclic) bond motifs is 1. The van der Waals surface area contributed by atoms with Crippen molar-refractivity contribution in [3.05, 3.63) is 53.3 Å². The number of carbonyl (C=O) groups is 1. The summed E-state index contributed by atoms with van der Waals surface area (Å²) in [7, 11) is 0. The number of hydrogen-bond acceptors (Lipinski definition) is 6. The van der Waals surface area contributed by atoms with Crippen LogP contribution in [0.2, 0.25) is 0 Å². The van der Waals surface area contributed by atoms with Crippen LogP contribution in [0.15, 0.2) is 41.9 Å². The zero-order chi connectivity index (χ0) is 15.6. The van der Waals surface area contributed by atoms with Gasteiger partial charge in [-0.25, -0.2) is 14.3 Å². The molecule has 2 aromatic heterocycles. The zero-order valence-electron chi connectivity index (χ0n) is 12.5. The van der Waals surface area contributed by atoms with E-state index in [1.165, 1.54) is 0 Å². The van der Waals surface area contributed by atoms with Crippen LogP contribution in [-0.4, -0.2) is 38.7 Å². The van der Waals surface area contributed by atoms with Crippen LogP contribution >= 0.6 is 11.3 Å². The van der Waals surface area contributed by atoms with E-state index in [0.29, 0.717) is 24.6 Å². The molecule has 0 N–H and O–H groups in total. The predicted molar refractivity (Wildman–Crippen MR) is 86.3 cm³/mol. The fraction of sp³-hybridized carbons (Fsp3) is 0.312. The Hall–Kier alpha value is -2.25. The Bertz CT molecular complexity index is 777. The maximum atomic E-state index is 12.1. The van der Waals surface area contributed by atoms with Crippen molar-refractivity contribution in [2.24, 2.45) is 0 Å². The maximum absolute atomic E-state index is 12.1. The standard InChI is InChI=1S/C16H16N4O2S/c21-15(13-4-2-1-3-5-13)22-19-8-6-12(7-9-19)14-17-16-20(18-14)10-11-23-16/h1-5,10-12H,6-9H2. The quantitative estimate of drug-likeness (QED) is 0.740. The third-order valence-corrected chi connectivity index (χ3v) is 4.78. The van der Waals surface area contributed by atoms with Gasteiger partial charge in [-0.2, -0.15) is 5.10 Å². The van der Waals surface area contributed by atoms with Gasteiger partial charge in [0.1, 0.15) is 0 Å². The molecular formula is C16H16N4O2S. The molecule has 1 saturated heterocycles. The van der Waals surface area contributed by atoms with E-state index in [0.717, 1.165) is 23.6 Å². The molecule has 7 heteroatoms. The van der Waals surface area contributed by atoms with Gasteiger partial charge in [0.05, 0.1) is 5.56 Å². The smallest absolute Gasteiger partial charge is 0.357 e. The summed E-state index contributed by atoms with van der Waals surface area (Å²) >= 11 is 1.59. The lowest BCUT2D eigenvalue weighted by molar-refractivity contribution is -0.122. The van der Waals surface area contributed by atoms with E-state index in [1.807, 2.05) is 34.3 Å². The normalized spacial score (nSPS) is 16.7. The molecule has 0 bridgehead atoms. The minimum Gasteiger partial charge on any atom is -0.364 e. The molecule has 23 heavy (non-hydrogen) atoms. The van der Waals surface area contributed by atoms with Crippen molar-refractivity contribution < 1.29 is 9.63 Å². The molecule has 0 aliphatic carbocycles. The van der Waals surface area contributed by atoms with Gasteiger partial charge >= 0.3 is 5.97 Å². The van der Waals surface area contributed by atoms with Crippen LogP contribution in [0, 0.1) is 0 Å². The molecule has 0 unspecified atom stereocenters. The van der Waals surface area contributed by atoms with Gasteiger partial charge in [0.25, 0.3) is 0 Å². The number of thiazole rings is 1. The highest BCUT2D eigenvalue weighted by atomic mass is 32.1. The Kier molecular flexibility index (Phi) is 3.80. The second-order valence-corrected chi connectivity index (χ2v) is 6.42. The lowest BCUT2D eigenvalue weighted by Gasteiger charge is -2.29. The van der Waals surface area contributed by atoms with Crippen LogP contribution in [0.1, 0.15) is 34.9 Å². The summed E-state index contributed by atoms with van der Waals surface area (Å²) in [4.78, 5) is 23.0. The minimum absolute atomic E-state index is 0.301. The van der Waals surface area contributed by atoms with Crippen molar-refractivity contribution in [1.82, 2.24) is 19.7 Å². The number of nitrogens with zero attached hydrogens (tertiary/aromatic N) is 4. The third kappa shape index (κ3) is 2.97. The number of hydrogen-bond donors (Lipinski definition) is 0. The number of carbonyl (C=O) groups excluding carboxylic acids is 1. The van der Waals surface area contributed by atoms with Crippen LogP contribution < -0.4 is 0 Å². The van der Waals surface area contributed by atoms with Gasteiger partial charge in [-0.15, -0.1) is 16.4 Å². The molecule has 1 fully saturated rings. The molecule has 0 spiro atoms. The molecule has 0 atom stereocenters. The minimum atomic E-state index is -0.301. The molecule has 4 rings (SSSR count). The maximum Gasteiger partial charge on any atom is 0.357 e. The number of hydroxylamine groups is 2. The highest BCUT2D eigenvalue weighted by molar-refractivity contribution is 7.15. The highest BCUT2D eigenvalue weighted by Crippen LogP contribution is 2.27. The molecule has 0 saturated carbocycles. The lowest BCUT2D eigenvalue weighted by Crippen LogP contribution is -2.35. The Labute approximate surface area is 137 Å². The van der Waals surface area contributed by atoms with Crippen molar-refractivity contribution in [3.8, 4) is 0 Å². The van der Waals surface area contributed by atoms with Gasteiger partial charge < -0.3 is 4.84 Å². The van der Waals surface area contributed by atoms with Crippen molar-refractivity contribution in [3.63, 3.8) is 0 Å². The fourth-order valence-corrected chi connectivity index (χ4v) is 3.43. The molecule has 6 nitrogen and oxygen atoms in total. The number of aromatic nitrogens is 3. The molecule has 0 radical (unpaired) electrons. The van der Waals surface area contributed by atoms with Crippen LogP contribution in [0.5, 0.6) is 0 Å². The first-order chi connectivity index (χ1) is 11.3. The Balaban J connectivity index is 1.35. The summed E-state index contributed by atoms with van der Waals surface area (Å²) in [6.45, 7) is 1.41. The van der Waals surface area contributed by atoms with Gasteiger partial charge in [-0.3, -0.25) is 0 Å². The van der Waals surface area contributed by atoms with E-state index in [9.17, 15) is 4.79 Å². The highest BCUT2D eigenvalue weighted by Gasteiger charge is 2.26. The van der Waals surface area contributed by atoms with Crippen LogP contribution in [0.3, 0.4) is 0 Å². The second-order valence-electron chi connectivity index (χ2n) is 5.55. The summed E-state index contributed by atoms with van der Waals surface area (Å²) in [6, 6.07) is 9.07. The molecule has 0 amide bonds. The summed E-state index contributed by atoms with van der Waals surface area (Å²) in [6.07, 6.45) is 3.70. The lowest BCUT2D eigenvalue weighted by atomic mass is 9.97. The average molecular weight is 328 g/mol. The van der Waals surface area contributed by atoms with Gasteiger partial charge in [0.15, 0.2) is 5.82 Å². The van der Waals surface area contributed by atoms with E-state index in [2.05, 4.69) is 10.1 Å². The van der Waals surface area contributed by atoms with Gasteiger partial charge in [0, 0.05) is 30.6 Å². The first-order valence-corrected chi connectivity index (χ1v) is 8.49. The average Bonchev–Trinajstić information content (AvgIpc) is 3.18. The van der Waals surface area contributed by atoms with E-state index in [-0.39, 0.29) is 5.97 Å². The molecule has 1 aliphatic rings. The van der Waals surface area contributed by atoms with Gasteiger partial charge in [-0.05, 0) is 25.0 Å². The van der Waals surface area contributed by atoms with Crippen molar-refractivity contribution >= 4 is 22.3 Å². The van der Waals surface area contributed by atoms with E-state index >= 15 is 0 Å². The fourth-order valence-electron chi connectivity index (χ4n) is 2.77. The van der Waals surface area contributed by atoms with Crippen LogP contribution in [0.4, 0.5) is 0 Å². The monoisotopic (exact) mass is 328 g/mol. The molecule has 3 heterocycles. The molecule has 3 aromatic rings. The van der Waals surface area contributed by atoms with Gasteiger partial charge in [0.2, 0.25) is 4.96 Å². The van der Waals surface area contributed by atoms with Crippen molar-refractivity contribution in [2.75, 3.05) is 13.1 Å². The largest absolute Gasteiger partial charge is 0.364 e. The van der Waals surface area contributed by atoms with Crippen LogP contribution in [0.25, 0.3) is 4.96 Å². The van der Waals surface area contributed by atoms with Crippen molar-refractivity contribution in [1.29, 1.82) is 0 Å². The van der Waals surface area contributed by atoms with Crippen LogP contribution in [-0.2, 0) is 4.84 Å². The summed E-state index contributed by atoms with van der Waals surface area (Å²) in [5, 5.41) is 8.24. The first-order valence-electron chi connectivity index (χ1n) is 7.61. The number of rotatable bonds is 3. The molecule has 1 aromatic carbocycles. The summed E-state index contributed by atoms with van der Waals surface area (Å²) < 4.78 is 1.82. The van der Waals surface area contributed by atoms with E-state index < -0.39 is 0 Å². The Morgan fingerprint density at radius 3 is 2.74 bits per heavy atom. The SMILES string of the molecule is O=C(ON1CCC(c2nc3sccn3n2)CC1)c1ccccc1. The molecular weight excluding hydrogens is 312 g/mol. The predicted octanol–water partition coefficient (Wildman–Crippen LogP) is 2.74. The van der Waals surface area contributed by atoms with E-state index in [1.54, 1.807) is 28.5 Å². The Morgan fingerprint density at radius 2 is 2.00 bits per heavy atom. The molecule has 1 aliphatic heterocycles.